The molecule has 1 aliphatic carbocycles. The Balaban J connectivity index is 1.42. The molecule has 1 aliphatic heterocycles. The van der Waals surface area contributed by atoms with Gasteiger partial charge in [-0.1, -0.05) is 18.2 Å². The Labute approximate surface area is 143 Å². The minimum atomic E-state index is 0.251. The van der Waals surface area contributed by atoms with Crippen LogP contribution in [0.1, 0.15) is 53.4 Å². The predicted octanol–water partition coefficient (Wildman–Crippen LogP) is 3.16. The molecule has 0 spiro atoms. The van der Waals surface area contributed by atoms with Crippen LogP contribution in [0.25, 0.3) is 0 Å². The Bertz CT molecular complexity index is 749. The number of piperidine rings is 1. The first-order chi connectivity index (χ1) is 11.7. The van der Waals surface area contributed by atoms with Crippen LogP contribution in [0.4, 0.5) is 0 Å². The average Bonchev–Trinajstić information content (AvgIpc) is 3.23. The van der Waals surface area contributed by atoms with Crippen LogP contribution in [0.15, 0.2) is 24.4 Å². The van der Waals surface area contributed by atoms with E-state index < -0.39 is 0 Å². The summed E-state index contributed by atoms with van der Waals surface area (Å²) in [5.41, 5.74) is 5.17. The summed E-state index contributed by atoms with van der Waals surface area (Å²) >= 11 is 0. The maximum atomic E-state index is 12.7. The van der Waals surface area contributed by atoms with Crippen LogP contribution >= 0.6 is 0 Å². The number of aromatic amines is 1. The highest BCUT2D eigenvalue weighted by Gasteiger charge is 2.26. The smallest absolute Gasteiger partial charge is 0.227 e. The summed E-state index contributed by atoms with van der Waals surface area (Å²) in [6, 6.07) is 6.60. The summed E-state index contributed by atoms with van der Waals surface area (Å²) in [5.74, 6) is 1.62. The largest absolute Gasteiger partial charge is 0.346 e. The van der Waals surface area contributed by atoms with Crippen molar-refractivity contribution >= 4 is 5.91 Å². The summed E-state index contributed by atoms with van der Waals surface area (Å²) in [4.78, 5) is 22.6. The molecule has 2 heterocycles. The quantitative estimate of drug-likeness (QED) is 0.943. The number of H-pyrrole nitrogens is 1. The zero-order valence-corrected chi connectivity index (χ0v) is 14.3. The maximum Gasteiger partial charge on any atom is 0.227 e. The van der Waals surface area contributed by atoms with Crippen molar-refractivity contribution < 1.29 is 4.79 Å². The lowest BCUT2D eigenvalue weighted by Crippen LogP contribution is -2.40. The van der Waals surface area contributed by atoms with Crippen LogP contribution in [-0.4, -0.2) is 33.9 Å². The normalized spacial score (nSPS) is 20.2. The number of carbonyl (C=O) groups excluding carboxylic acids is 1. The Hall–Kier alpha value is -2.10. The Morgan fingerprint density at radius 2 is 2.17 bits per heavy atom. The molecule has 1 aromatic carbocycles. The first kappa shape index (κ1) is 15.4. The number of hydrogen-bond acceptors (Lipinski definition) is 2. The fourth-order valence-corrected chi connectivity index (χ4v) is 4.09. The van der Waals surface area contributed by atoms with Crippen LogP contribution in [0.5, 0.6) is 0 Å². The monoisotopic (exact) mass is 323 g/mol. The van der Waals surface area contributed by atoms with E-state index in [0.29, 0.717) is 12.3 Å². The highest BCUT2D eigenvalue weighted by atomic mass is 16.2. The number of nitrogens with one attached hydrogen (secondary N) is 1. The summed E-state index contributed by atoms with van der Waals surface area (Å²) in [6.45, 7) is 3.69. The van der Waals surface area contributed by atoms with Crippen molar-refractivity contribution in [3.63, 3.8) is 0 Å². The highest BCUT2D eigenvalue weighted by Crippen LogP contribution is 2.26. The molecule has 1 fully saturated rings. The van der Waals surface area contributed by atoms with Gasteiger partial charge in [-0.3, -0.25) is 4.79 Å². The fourth-order valence-electron chi connectivity index (χ4n) is 4.09. The van der Waals surface area contributed by atoms with Gasteiger partial charge in [-0.15, -0.1) is 0 Å². The summed E-state index contributed by atoms with van der Waals surface area (Å²) in [7, 11) is 0. The Kier molecular flexibility index (Phi) is 4.13. The molecule has 1 unspecified atom stereocenters. The molecule has 0 radical (unpaired) electrons. The second-order valence-electron chi connectivity index (χ2n) is 7.26. The number of fused-ring (bicyclic) bond motifs is 1. The molecule has 24 heavy (non-hydrogen) atoms. The van der Waals surface area contributed by atoms with Gasteiger partial charge in [0.15, 0.2) is 0 Å². The molecular formula is C20H25N3O. The number of carbonyl (C=O) groups is 1. The van der Waals surface area contributed by atoms with E-state index in [1.807, 2.05) is 18.0 Å². The molecule has 1 amide bonds. The molecule has 4 rings (SSSR count). The van der Waals surface area contributed by atoms with Gasteiger partial charge >= 0.3 is 0 Å². The van der Waals surface area contributed by atoms with Gasteiger partial charge in [0.25, 0.3) is 0 Å². The molecule has 1 atom stereocenters. The molecule has 1 aromatic heterocycles. The van der Waals surface area contributed by atoms with Crippen LogP contribution in [0, 0.1) is 6.92 Å². The Morgan fingerprint density at radius 3 is 3.00 bits per heavy atom. The van der Waals surface area contributed by atoms with Gasteiger partial charge in [0.1, 0.15) is 5.82 Å². The lowest BCUT2D eigenvalue weighted by Gasteiger charge is -2.32. The van der Waals surface area contributed by atoms with Crippen LogP contribution < -0.4 is 0 Å². The van der Waals surface area contributed by atoms with Crippen molar-refractivity contribution in [1.29, 1.82) is 0 Å². The second-order valence-corrected chi connectivity index (χ2v) is 7.26. The zero-order chi connectivity index (χ0) is 16.5. The van der Waals surface area contributed by atoms with E-state index in [1.54, 1.807) is 0 Å². The number of amides is 1. The van der Waals surface area contributed by atoms with E-state index in [-0.39, 0.29) is 5.91 Å². The van der Waals surface area contributed by atoms with Gasteiger partial charge < -0.3 is 9.88 Å². The van der Waals surface area contributed by atoms with Crippen molar-refractivity contribution in [3.8, 4) is 0 Å². The van der Waals surface area contributed by atoms with Gasteiger partial charge in [-0.25, -0.2) is 4.98 Å². The standard InChI is InChI=1S/C20H25N3O/c1-14-12-21-20(22-14)18-6-3-9-23(13-18)19(24)11-15-7-8-16-4-2-5-17(16)10-15/h7-8,10,12,18H,2-6,9,11,13H2,1H3,(H,21,22). The van der Waals surface area contributed by atoms with Crippen molar-refractivity contribution in [2.75, 3.05) is 13.1 Å². The summed E-state index contributed by atoms with van der Waals surface area (Å²) in [5, 5.41) is 0. The number of imidazole rings is 1. The van der Waals surface area contributed by atoms with Crippen LogP contribution in [-0.2, 0) is 24.1 Å². The highest BCUT2D eigenvalue weighted by molar-refractivity contribution is 5.79. The summed E-state index contributed by atoms with van der Waals surface area (Å²) < 4.78 is 0. The third kappa shape index (κ3) is 3.10. The third-order valence-electron chi connectivity index (χ3n) is 5.40. The SMILES string of the molecule is Cc1cnc(C2CCCN(C(=O)Cc3ccc4c(c3)CCC4)C2)[nH]1. The van der Waals surface area contributed by atoms with E-state index in [2.05, 4.69) is 28.2 Å². The molecule has 1 saturated heterocycles. The molecule has 0 saturated carbocycles. The minimum absolute atomic E-state index is 0.251. The zero-order valence-electron chi connectivity index (χ0n) is 14.3. The predicted molar refractivity (Wildman–Crippen MR) is 94.1 cm³/mol. The lowest BCUT2D eigenvalue weighted by atomic mass is 9.96. The molecule has 1 N–H and O–H groups in total. The molecule has 126 valence electrons. The van der Waals surface area contributed by atoms with Crippen molar-refractivity contribution in [3.05, 3.63) is 52.6 Å². The number of hydrogen-bond donors (Lipinski definition) is 1. The van der Waals surface area contributed by atoms with E-state index in [0.717, 1.165) is 43.0 Å². The number of aryl methyl sites for hydroxylation is 3. The molecular weight excluding hydrogens is 298 g/mol. The Morgan fingerprint density at radius 1 is 1.29 bits per heavy atom. The lowest BCUT2D eigenvalue weighted by molar-refractivity contribution is -0.131. The number of benzene rings is 1. The topological polar surface area (TPSA) is 49.0 Å². The molecule has 2 aliphatic rings. The number of aromatic nitrogens is 2. The average molecular weight is 323 g/mol. The van der Waals surface area contributed by atoms with Gasteiger partial charge in [-0.05, 0) is 55.7 Å². The fraction of sp³-hybridized carbons (Fsp3) is 0.500. The van der Waals surface area contributed by atoms with Gasteiger partial charge in [-0.2, -0.15) is 0 Å². The van der Waals surface area contributed by atoms with Crippen molar-refractivity contribution in [2.24, 2.45) is 0 Å². The molecule has 0 bridgehead atoms. The summed E-state index contributed by atoms with van der Waals surface area (Å²) in [6.07, 6.45) is 8.18. The number of rotatable bonds is 3. The van der Waals surface area contributed by atoms with E-state index in [9.17, 15) is 4.79 Å². The molecule has 4 nitrogen and oxygen atoms in total. The number of nitrogens with zero attached hydrogens (tertiary/aromatic N) is 2. The second kappa shape index (κ2) is 6.42. The van der Waals surface area contributed by atoms with Crippen LogP contribution in [0.2, 0.25) is 0 Å². The minimum Gasteiger partial charge on any atom is -0.346 e. The number of likely N-dealkylation sites (tertiary alicyclic amines) is 1. The molecule has 2 aromatic rings. The van der Waals surface area contributed by atoms with E-state index >= 15 is 0 Å². The third-order valence-corrected chi connectivity index (χ3v) is 5.40. The maximum absolute atomic E-state index is 12.7. The van der Waals surface area contributed by atoms with E-state index in [4.69, 9.17) is 0 Å². The van der Waals surface area contributed by atoms with E-state index in [1.165, 1.54) is 30.4 Å². The first-order valence-electron chi connectivity index (χ1n) is 9.09. The molecule has 4 heteroatoms. The van der Waals surface area contributed by atoms with Crippen molar-refractivity contribution in [2.45, 2.75) is 51.4 Å². The van der Waals surface area contributed by atoms with Gasteiger partial charge in [0.2, 0.25) is 5.91 Å². The van der Waals surface area contributed by atoms with Gasteiger partial charge in [0, 0.05) is 30.9 Å². The van der Waals surface area contributed by atoms with Crippen LogP contribution in [0.3, 0.4) is 0 Å². The van der Waals surface area contributed by atoms with Gasteiger partial charge in [0.05, 0.1) is 6.42 Å². The van der Waals surface area contributed by atoms with Crippen molar-refractivity contribution in [1.82, 2.24) is 14.9 Å². The first-order valence-corrected chi connectivity index (χ1v) is 9.09.